The molecule has 2 unspecified atom stereocenters. The number of hydrogen-bond acceptors (Lipinski definition) is 5. The van der Waals surface area contributed by atoms with Gasteiger partial charge in [0.05, 0.1) is 0 Å². The van der Waals surface area contributed by atoms with Gasteiger partial charge in [-0.05, 0) is 76.5 Å². The second kappa shape index (κ2) is 11.7. The third-order valence-electron chi connectivity index (χ3n) is 7.60. The van der Waals surface area contributed by atoms with Crippen LogP contribution in [0.25, 0.3) is 0 Å². The lowest BCUT2D eigenvalue weighted by Crippen LogP contribution is -2.37. The van der Waals surface area contributed by atoms with E-state index in [9.17, 15) is 5.11 Å². The summed E-state index contributed by atoms with van der Waals surface area (Å²) >= 11 is 0. The second-order valence-corrected chi connectivity index (χ2v) is 10.4. The SMILES string of the molecule is Cc1c(C)c2c(c(C)c1O)CCC(C)(CCCCCCCCCCCC(C)C(O)(O)O)O2. The van der Waals surface area contributed by atoms with Crippen molar-refractivity contribution in [2.75, 3.05) is 0 Å². The highest BCUT2D eigenvalue weighted by molar-refractivity contribution is 5.58. The normalized spacial score (nSPS) is 19.5. The summed E-state index contributed by atoms with van der Waals surface area (Å²) in [5.74, 6) is -1.62. The van der Waals surface area contributed by atoms with E-state index in [0.717, 1.165) is 54.5 Å². The number of aromatic hydroxyl groups is 1. The number of fused-ring (bicyclic) bond motifs is 1. The van der Waals surface area contributed by atoms with Gasteiger partial charge < -0.3 is 25.2 Å². The average molecular weight is 451 g/mol. The fourth-order valence-corrected chi connectivity index (χ4v) is 4.85. The van der Waals surface area contributed by atoms with Gasteiger partial charge in [-0.25, -0.2) is 0 Å². The predicted molar refractivity (Wildman–Crippen MR) is 129 cm³/mol. The molecule has 0 aliphatic carbocycles. The lowest BCUT2D eigenvalue weighted by atomic mass is 9.84. The Kier molecular flexibility index (Phi) is 9.86. The number of rotatable bonds is 13. The number of ether oxygens (including phenoxy) is 1. The summed E-state index contributed by atoms with van der Waals surface area (Å²) in [5.41, 5.74) is 4.05. The molecule has 1 aromatic rings. The molecular formula is C27H46O5. The smallest absolute Gasteiger partial charge is 0.277 e. The first-order chi connectivity index (χ1) is 15.0. The first-order valence-electron chi connectivity index (χ1n) is 12.6. The topological polar surface area (TPSA) is 90.2 Å². The molecule has 0 spiro atoms. The summed E-state index contributed by atoms with van der Waals surface area (Å²) < 4.78 is 6.53. The van der Waals surface area contributed by atoms with E-state index in [0.29, 0.717) is 12.2 Å². The molecule has 2 atom stereocenters. The molecule has 5 nitrogen and oxygen atoms in total. The Morgan fingerprint density at radius 2 is 1.38 bits per heavy atom. The summed E-state index contributed by atoms with van der Waals surface area (Å²) in [5, 5.41) is 37.7. The van der Waals surface area contributed by atoms with Crippen molar-refractivity contribution >= 4 is 0 Å². The van der Waals surface area contributed by atoms with Crippen molar-refractivity contribution in [2.45, 2.75) is 130 Å². The molecule has 4 N–H and O–H groups in total. The first kappa shape index (κ1) is 26.9. The summed E-state index contributed by atoms with van der Waals surface area (Å²) in [7, 11) is 0. The molecule has 0 bridgehead atoms. The number of phenolic OH excluding ortho intramolecular Hbond substituents is 1. The van der Waals surface area contributed by atoms with E-state index in [1.165, 1.54) is 50.5 Å². The van der Waals surface area contributed by atoms with Crippen LogP contribution < -0.4 is 4.74 Å². The standard InChI is InChI=1S/C27H46O5/c1-19(27(29,30)31)15-13-11-9-7-6-8-10-12-14-17-26(5)18-16-23-22(4)24(28)20(2)21(3)25(23)32-26/h19,28-31H,6-18H2,1-5H3. The van der Waals surface area contributed by atoms with Crippen LogP contribution >= 0.6 is 0 Å². The van der Waals surface area contributed by atoms with Crippen molar-refractivity contribution in [1.82, 2.24) is 0 Å². The Morgan fingerprint density at radius 3 is 1.94 bits per heavy atom. The van der Waals surface area contributed by atoms with Gasteiger partial charge in [-0.3, -0.25) is 0 Å². The Bertz CT molecular complexity index is 737. The summed E-state index contributed by atoms with van der Waals surface area (Å²) in [6, 6.07) is 0. The summed E-state index contributed by atoms with van der Waals surface area (Å²) in [4.78, 5) is 0. The average Bonchev–Trinajstić information content (AvgIpc) is 2.73. The van der Waals surface area contributed by atoms with Crippen molar-refractivity contribution in [3.63, 3.8) is 0 Å². The van der Waals surface area contributed by atoms with E-state index in [1.807, 2.05) is 13.8 Å². The number of aliphatic hydroxyl groups is 3. The Labute approximate surface area is 194 Å². The van der Waals surface area contributed by atoms with E-state index in [2.05, 4.69) is 13.8 Å². The predicted octanol–water partition coefficient (Wildman–Crippen LogP) is 5.96. The molecule has 1 heterocycles. The molecule has 0 fully saturated rings. The molecule has 32 heavy (non-hydrogen) atoms. The molecule has 0 amide bonds. The summed E-state index contributed by atoms with van der Waals surface area (Å²) in [6.07, 6.45) is 14.3. The van der Waals surface area contributed by atoms with Gasteiger partial charge in [0.1, 0.15) is 17.1 Å². The van der Waals surface area contributed by atoms with Gasteiger partial charge in [-0.2, -0.15) is 0 Å². The third-order valence-corrected chi connectivity index (χ3v) is 7.60. The highest BCUT2D eigenvalue weighted by atomic mass is 16.7. The molecule has 0 aromatic heterocycles. The Morgan fingerprint density at radius 1 is 0.844 bits per heavy atom. The molecule has 2 rings (SSSR count). The molecular weight excluding hydrogens is 404 g/mol. The molecule has 1 aromatic carbocycles. The van der Waals surface area contributed by atoms with Crippen LogP contribution in [0, 0.1) is 26.7 Å². The molecule has 1 aliphatic heterocycles. The van der Waals surface area contributed by atoms with Crippen LogP contribution in [-0.4, -0.2) is 32.0 Å². The van der Waals surface area contributed by atoms with E-state index in [1.54, 1.807) is 6.92 Å². The number of hydrogen-bond donors (Lipinski definition) is 4. The van der Waals surface area contributed by atoms with Crippen LogP contribution in [0.3, 0.4) is 0 Å². The Balaban J connectivity index is 1.59. The van der Waals surface area contributed by atoms with Crippen molar-refractivity contribution in [2.24, 2.45) is 5.92 Å². The zero-order chi connectivity index (χ0) is 23.9. The lowest BCUT2D eigenvalue weighted by molar-refractivity contribution is -0.339. The highest BCUT2D eigenvalue weighted by Gasteiger charge is 2.34. The fraction of sp³-hybridized carbons (Fsp3) is 0.778. The monoisotopic (exact) mass is 450 g/mol. The van der Waals surface area contributed by atoms with Crippen LogP contribution in [-0.2, 0) is 6.42 Å². The minimum Gasteiger partial charge on any atom is -0.507 e. The van der Waals surface area contributed by atoms with Gasteiger partial charge in [-0.15, -0.1) is 0 Å². The number of unbranched alkanes of at least 4 members (excludes halogenated alkanes) is 8. The van der Waals surface area contributed by atoms with Crippen molar-refractivity contribution in [3.05, 3.63) is 22.3 Å². The number of benzene rings is 1. The van der Waals surface area contributed by atoms with Gasteiger partial charge in [-0.1, -0.05) is 58.3 Å². The van der Waals surface area contributed by atoms with E-state index >= 15 is 0 Å². The van der Waals surface area contributed by atoms with E-state index in [4.69, 9.17) is 20.1 Å². The van der Waals surface area contributed by atoms with E-state index in [-0.39, 0.29) is 5.60 Å². The third kappa shape index (κ3) is 7.36. The molecule has 0 saturated heterocycles. The number of phenols is 1. The van der Waals surface area contributed by atoms with Crippen LogP contribution in [0.15, 0.2) is 0 Å². The van der Waals surface area contributed by atoms with Crippen LogP contribution in [0.2, 0.25) is 0 Å². The maximum absolute atomic E-state index is 10.3. The van der Waals surface area contributed by atoms with Gasteiger partial charge in [0.15, 0.2) is 0 Å². The highest BCUT2D eigenvalue weighted by Crippen LogP contribution is 2.44. The van der Waals surface area contributed by atoms with Crippen LogP contribution in [0.4, 0.5) is 0 Å². The first-order valence-corrected chi connectivity index (χ1v) is 12.6. The molecule has 5 heteroatoms. The van der Waals surface area contributed by atoms with E-state index < -0.39 is 11.9 Å². The maximum Gasteiger partial charge on any atom is 0.277 e. The molecule has 0 radical (unpaired) electrons. The lowest BCUT2D eigenvalue weighted by Gasteiger charge is -2.38. The Hall–Kier alpha value is -1.30. The van der Waals surface area contributed by atoms with Crippen LogP contribution in [0.1, 0.15) is 113 Å². The van der Waals surface area contributed by atoms with Crippen molar-refractivity contribution in [1.29, 1.82) is 0 Å². The zero-order valence-electron chi connectivity index (χ0n) is 21.0. The second-order valence-electron chi connectivity index (χ2n) is 10.4. The quantitative estimate of drug-likeness (QED) is 0.220. The van der Waals surface area contributed by atoms with Gasteiger partial charge in [0, 0.05) is 11.5 Å². The van der Waals surface area contributed by atoms with Crippen molar-refractivity contribution < 1.29 is 25.2 Å². The minimum absolute atomic E-state index is 0.111. The fourth-order valence-electron chi connectivity index (χ4n) is 4.85. The molecule has 184 valence electrons. The maximum atomic E-state index is 10.3. The summed E-state index contributed by atoms with van der Waals surface area (Å²) in [6.45, 7) is 9.92. The van der Waals surface area contributed by atoms with Gasteiger partial charge in [0.25, 0.3) is 5.97 Å². The zero-order valence-corrected chi connectivity index (χ0v) is 21.0. The van der Waals surface area contributed by atoms with Gasteiger partial charge in [0.2, 0.25) is 0 Å². The van der Waals surface area contributed by atoms with Crippen LogP contribution in [0.5, 0.6) is 11.5 Å². The van der Waals surface area contributed by atoms with Gasteiger partial charge >= 0.3 is 0 Å². The molecule has 1 aliphatic rings. The molecule has 0 saturated carbocycles. The minimum atomic E-state index is -2.54. The van der Waals surface area contributed by atoms with Crippen molar-refractivity contribution in [3.8, 4) is 11.5 Å². The largest absolute Gasteiger partial charge is 0.507 e.